The van der Waals surface area contributed by atoms with Gasteiger partial charge in [0.2, 0.25) is 0 Å². The maximum atomic E-state index is 12.1. The number of hydrogen-bond acceptors (Lipinski definition) is 4. The molecular formula is C11H15NO3S. The molecule has 1 aliphatic rings. The van der Waals surface area contributed by atoms with Gasteiger partial charge in [0, 0.05) is 12.1 Å². The van der Waals surface area contributed by atoms with E-state index in [4.69, 9.17) is 4.74 Å². The third-order valence-corrected chi connectivity index (χ3v) is 5.13. The van der Waals surface area contributed by atoms with E-state index in [1.807, 2.05) is 0 Å². The van der Waals surface area contributed by atoms with E-state index in [9.17, 15) is 8.42 Å². The first-order chi connectivity index (χ1) is 7.61. The quantitative estimate of drug-likeness (QED) is 0.842. The lowest BCUT2D eigenvalue weighted by atomic mass is 10.1. The molecule has 2 rings (SSSR count). The van der Waals surface area contributed by atoms with Gasteiger partial charge in [0.1, 0.15) is 5.75 Å². The predicted molar refractivity (Wildman–Crippen MR) is 61.6 cm³/mol. The van der Waals surface area contributed by atoms with Crippen LogP contribution in [0, 0.1) is 0 Å². The summed E-state index contributed by atoms with van der Waals surface area (Å²) in [5, 5.41) is 2.55. The molecule has 0 radical (unpaired) electrons. The number of sulfone groups is 1. The van der Waals surface area contributed by atoms with Gasteiger partial charge in [0.25, 0.3) is 0 Å². The molecule has 1 aromatic rings. The van der Waals surface area contributed by atoms with Gasteiger partial charge in [-0.05, 0) is 25.6 Å². The van der Waals surface area contributed by atoms with Crippen LogP contribution in [0.2, 0.25) is 0 Å². The summed E-state index contributed by atoms with van der Waals surface area (Å²) in [4.78, 5) is 0.423. The smallest absolute Gasteiger partial charge is 0.183 e. The molecule has 5 heteroatoms. The Morgan fingerprint density at radius 1 is 1.50 bits per heavy atom. The molecule has 0 aromatic heterocycles. The number of fused-ring (bicyclic) bond motifs is 1. The molecule has 0 fully saturated rings. The summed E-state index contributed by atoms with van der Waals surface area (Å²) in [7, 11) is 0.139. The number of rotatable bonds is 3. The average Bonchev–Trinajstić information content (AvgIpc) is 2.52. The Kier molecular flexibility index (Phi) is 2.90. The van der Waals surface area contributed by atoms with E-state index < -0.39 is 9.84 Å². The van der Waals surface area contributed by atoms with Crippen LogP contribution in [0.25, 0.3) is 0 Å². The second kappa shape index (κ2) is 4.07. The summed E-state index contributed by atoms with van der Waals surface area (Å²) in [5.41, 5.74) is 0.810. The van der Waals surface area contributed by atoms with Crippen LogP contribution in [-0.2, 0) is 16.3 Å². The lowest BCUT2D eigenvalue weighted by Gasteiger charge is -2.07. The van der Waals surface area contributed by atoms with Crippen molar-refractivity contribution in [1.29, 1.82) is 0 Å². The van der Waals surface area contributed by atoms with Crippen molar-refractivity contribution in [1.82, 2.24) is 5.32 Å². The van der Waals surface area contributed by atoms with E-state index in [-0.39, 0.29) is 5.25 Å². The maximum Gasteiger partial charge on any atom is 0.183 e. The molecule has 1 unspecified atom stereocenters. The largest absolute Gasteiger partial charge is 0.496 e. The molecule has 88 valence electrons. The second-order valence-electron chi connectivity index (χ2n) is 3.87. The molecule has 0 bridgehead atoms. The van der Waals surface area contributed by atoms with E-state index in [2.05, 4.69) is 5.32 Å². The van der Waals surface area contributed by atoms with Gasteiger partial charge in [-0.3, -0.25) is 0 Å². The number of ether oxygens (including phenoxy) is 1. The Bertz CT molecular complexity index is 496. The molecule has 0 aliphatic carbocycles. The molecule has 4 nitrogen and oxygen atoms in total. The fourth-order valence-electron chi connectivity index (χ4n) is 2.13. The van der Waals surface area contributed by atoms with Crippen LogP contribution in [-0.4, -0.2) is 34.4 Å². The third-order valence-electron chi connectivity index (χ3n) is 2.92. The Balaban J connectivity index is 2.51. The van der Waals surface area contributed by atoms with Gasteiger partial charge < -0.3 is 10.1 Å². The van der Waals surface area contributed by atoms with Gasteiger partial charge in [0.05, 0.1) is 17.3 Å². The summed E-state index contributed by atoms with van der Waals surface area (Å²) in [5.74, 6) is 0.666. The summed E-state index contributed by atoms with van der Waals surface area (Å²) in [6.45, 7) is 0.472. The Morgan fingerprint density at radius 3 is 2.88 bits per heavy atom. The van der Waals surface area contributed by atoms with Gasteiger partial charge in [-0.1, -0.05) is 6.07 Å². The Hall–Kier alpha value is -1.07. The van der Waals surface area contributed by atoms with Crippen LogP contribution in [0.5, 0.6) is 5.75 Å². The van der Waals surface area contributed by atoms with Crippen LogP contribution in [0.3, 0.4) is 0 Å². The fourth-order valence-corrected chi connectivity index (χ4v) is 4.06. The van der Waals surface area contributed by atoms with Crippen LogP contribution in [0.15, 0.2) is 23.1 Å². The number of nitrogens with one attached hydrogen (secondary N) is 1. The van der Waals surface area contributed by atoms with Gasteiger partial charge >= 0.3 is 0 Å². The summed E-state index contributed by atoms with van der Waals surface area (Å²) in [6.07, 6.45) is 0.530. The van der Waals surface area contributed by atoms with Crippen LogP contribution in [0.1, 0.15) is 5.56 Å². The zero-order valence-corrected chi connectivity index (χ0v) is 10.2. The summed E-state index contributed by atoms with van der Waals surface area (Å²) >= 11 is 0. The minimum absolute atomic E-state index is 0.371. The molecule has 0 spiro atoms. The van der Waals surface area contributed by atoms with Crippen molar-refractivity contribution in [2.24, 2.45) is 0 Å². The summed E-state index contributed by atoms with van der Waals surface area (Å²) < 4.78 is 29.5. The van der Waals surface area contributed by atoms with E-state index in [0.29, 0.717) is 23.6 Å². The van der Waals surface area contributed by atoms with Crippen molar-refractivity contribution in [3.05, 3.63) is 23.8 Å². The first-order valence-corrected chi connectivity index (χ1v) is 6.70. The zero-order valence-electron chi connectivity index (χ0n) is 9.36. The highest BCUT2D eigenvalue weighted by Gasteiger charge is 2.37. The molecule has 1 heterocycles. The number of hydrogen-bond donors (Lipinski definition) is 1. The van der Waals surface area contributed by atoms with E-state index >= 15 is 0 Å². The summed E-state index contributed by atoms with van der Waals surface area (Å²) in [6, 6.07) is 5.18. The van der Waals surface area contributed by atoms with Gasteiger partial charge in [-0.15, -0.1) is 0 Å². The standard InChI is InChI=1S/C11H15NO3S/c1-12-7-8-6-9-10(15-2)4-3-5-11(9)16(8,13)14/h3-5,8,12H,6-7H2,1-2H3. The molecule has 1 N–H and O–H groups in total. The van der Waals surface area contributed by atoms with Crippen LogP contribution >= 0.6 is 0 Å². The van der Waals surface area contributed by atoms with E-state index in [1.165, 1.54) is 0 Å². The molecule has 0 saturated carbocycles. The van der Waals surface area contributed by atoms with Crippen molar-refractivity contribution >= 4 is 9.84 Å². The minimum Gasteiger partial charge on any atom is -0.496 e. The lowest BCUT2D eigenvalue weighted by molar-refractivity contribution is 0.408. The van der Waals surface area contributed by atoms with Gasteiger partial charge in [-0.2, -0.15) is 0 Å². The molecular weight excluding hydrogens is 226 g/mol. The van der Waals surface area contributed by atoms with Crippen molar-refractivity contribution < 1.29 is 13.2 Å². The average molecular weight is 241 g/mol. The highest BCUT2D eigenvalue weighted by Crippen LogP contribution is 2.36. The first-order valence-electron chi connectivity index (χ1n) is 5.15. The number of methoxy groups -OCH3 is 1. The second-order valence-corrected chi connectivity index (χ2v) is 6.06. The third kappa shape index (κ3) is 1.60. The SMILES string of the molecule is CNCC1Cc2c(OC)cccc2S1(=O)=O. The highest BCUT2D eigenvalue weighted by atomic mass is 32.2. The fraction of sp³-hybridized carbons (Fsp3) is 0.455. The minimum atomic E-state index is -3.18. The topological polar surface area (TPSA) is 55.4 Å². The first kappa shape index (κ1) is 11.4. The van der Waals surface area contributed by atoms with Crippen LogP contribution in [0.4, 0.5) is 0 Å². The Morgan fingerprint density at radius 2 is 2.25 bits per heavy atom. The molecule has 0 saturated heterocycles. The van der Waals surface area contributed by atoms with Crippen molar-refractivity contribution in [2.45, 2.75) is 16.6 Å². The molecule has 1 aliphatic heterocycles. The monoisotopic (exact) mass is 241 g/mol. The number of benzene rings is 1. The normalized spacial score (nSPS) is 21.8. The lowest BCUT2D eigenvalue weighted by Crippen LogP contribution is -2.29. The van der Waals surface area contributed by atoms with Crippen LogP contribution < -0.4 is 10.1 Å². The van der Waals surface area contributed by atoms with E-state index in [0.717, 1.165) is 5.56 Å². The maximum absolute atomic E-state index is 12.1. The molecule has 1 atom stereocenters. The van der Waals surface area contributed by atoms with E-state index in [1.54, 1.807) is 32.4 Å². The van der Waals surface area contributed by atoms with Crippen molar-refractivity contribution in [2.75, 3.05) is 20.7 Å². The van der Waals surface area contributed by atoms with Gasteiger partial charge in [0.15, 0.2) is 9.84 Å². The molecule has 0 amide bonds. The van der Waals surface area contributed by atoms with Crippen molar-refractivity contribution in [3.63, 3.8) is 0 Å². The van der Waals surface area contributed by atoms with Crippen molar-refractivity contribution in [3.8, 4) is 5.75 Å². The predicted octanol–water partition coefficient (Wildman–Crippen LogP) is 0.613. The zero-order chi connectivity index (χ0) is 11.8. The van der Waals surface area contributed by atoms with Gasteiger partial charge in [-0.25, -0.2) is 8.42 Å². The Labute approximate surface area is 95.5 Å². The highest BCUT2D eigenvalue weighted by molar-refractivity contribution is 7.92. The molecule has 1 aromatic carbocycles. The molecule has 16 heavy (non-hydrogen) atoms.